The smallest absolute Gasteiger partial charge is 0.343 e. The third kappa shape index (κ3) is 4.81. The van der Waals surface area contributed by atoms with Crippen molar-refractivity contribution in [2.75, 3.05) is 18.5 Å². The van der Waals surface area contributed by atoms with Crippen molar-refractivity contribution in [3.63, 3.8) is 0 Å². The van der Waals surface area contributed by atoms with E-state index in [1.807, 2.05) is 0 Å². The standard InChI is InChI=1S/C24H23NO6S/c1-4-22(26)17-9-13-19(14-10-17)31-24(27)18-11-15-20(16-12-18)32(28,29)25(2)21-7-5-6-8-23(21)30-3/h5-16H,4H2,1-3H3. The molecular formula is C24H23NO6S. The zero-order valence-corrected chi connectivity index (χ0v) is 18.8. The molecule has 0 spiro atoms. The molecule has 0 atom stereocenters. The topological polar surface area (TPSA) is 90.0 Å². The lowest BCUT2D eigenvalue weighted by molar-refractivity contribution is 0.0734. The van der Waals surface area contributed by atoms with Gasteiger partial charge in [-0.2, -0.15) is 0 Å². The Labute approximate surface area is 187 Å². The minimum Gasteiger partial charge on any atom is -0.495 e. The van der Waals surface area contributed by atoms with Gasteiger partial charge in [0.25, 0.3) is 10.0 Å². The summed E-state index contributed by atoms with van der Waals surface area (Å²) in [5.41, 5.74) is 1.13. The highest BCUT2D eigenvalue weighted by molar-refractivity contribution is 7.92. The van der Waals surface area contributed by atoms with Crippen LogP contribution in [0.25, 0.3) is 0 Å². The van der Waals surface area contributed by atoms with E-state index < -0.39 is 16.0 Å². The number of carbonyl (C=O) groups excluding carboxylic acids is 2. The van der Waals surface area contributed by atoms with Crippen LogP contribution in [0.1, 0.15) is 34.1 Å². The van der Waals surface area contributed by atoms with E-state index >= 15 is 0 Å². The van der Waals surface area contributed by atoms with E-state index in [-0.39, 0.29) is 22.0 Å². The number of para-hydroxylation sites is 2. The fourth-order valence-electron chi connectivity index (χ4n) is 3.02. The van der Waals surface area contributed by atoms with Gasteiger partial charge in [0.1, 0.15) is 11.5 Å². The summed E-state index contributed by atoms with van der Waals surface area (Å²) in [5, 5.41) is 0. The summed E-state index contributed by atoms with van der Waals surface area (Å²) in [6.07, 6.45) is 0.390. The van der Waals surface area contributed by atoms with E-state index in [0.29, 0.717) is 23.4 Å². The molecule has 3 aromatic carbocycles. The van der Waals surface area contributed by atoms with Crippen LogP contribution in [-0.4, -0.2) is 34.3 Å². The van der Waals surface area contributed by atoms with Gasteiger partial charge in [-0.3, -0.25) is 9.10 Å². The number of anilines is 1. The van der Waals surface area contributed by atoms with Crippen molar-refractivity contribution in [1.82, 2.24) is 0 Å². The van der Waals surface area contributed by atoms with Gasteiger partial charge < -0.3 is 9.47 Å². The van der Waals surface area contributed by atoms with E-state index in [4.69, 9.17) is 9.47 Å². The Morgan fingerprint density at radius 1 is 0.875 bits per heavy atom. The summed E-state index contributed by atoms with van der Waals surface area (Å²) < 4.78 is 37.7. The number of methoxy groups -OCH3 is 1. The molecule has 0 aliphatic rings. The van der Waals surface area contributed by atoms with Gasteiger partial charge in [-0.1, -0.05) is 19.1 Å². The highest BCUT2D eigenvalue weighted by Gasteiger charge is 2.24. The minimum atomic E-state index is -3.87. The maximum Gasteiger partial charge on any atom is 0.343 e. The Bertz CT molecular complexity index is 1220. The van der Waals surface area contributed by atoms with Gasteiger partial charge in [-0.15, -0.1) is 0 Å². The number of nitrogens with zero attached hydrogens (tertiary/aromatic N) is 1. The van der Waals surface area contributed by atoms with Crippen LogP contribution in [0, 0.1) is 0 Å². The second-order valence-corrected chi connectivity index (χ2v) is 8.83. The third-order valence-electron chi connectivity index (χ3n) is 4.88. The summed E-state index contributed by atoms with van der Waals surface area (Å²) in [6.45, 7) is 1.77. The number of rotatable bonds is 8. The van der Waals surface area contributed by atoms with Crippen LogP contribution in [0.2, 0.25) is 0 Å². The number of hydrogen-bond acceptors (Lipinski definition) is 6. The predicted molar refractivity (Wildman–Crippen MR) is 121 cm³/mol. The summed E-state index contributed by atoms with van der Waals surface area (Å²) >= 11 is 0. The van der Waals surface area contributed by atoms with Crippen LogP contribution in [-0.2, 0) is 10.0 Å². The average Bonchev–Trinajstić information content (AvgIpc) is 2.83. The quantitative estimate of drug-likeness (QED) is 0.286. The number of esters is 1. The van der Waals surface area contributed by atoms with Crippen LogP contribution in [0.15, 0.2) is 77.7 Å². The molecule has 7 nitrogen and oxygen atoms in total. The molecule has 0 unspecified atom stereocenters. The van der Waals surface area contributed by atoms with Crippen molar-refractivity contribution in [3.05, 3.63) is 83.9 Å². The molecule has 0 aromatic heterocycles. The molecule has 0 saturated heterocycles. The van der Waals surface area contributed by atoms with Gasteiger partial charge in [0.05, 0.1) is 23.3 Å². The van der Waals surface area contributed by atoms with Crippen LogP contribution in [0.4, 0.5) is 5.69 Å². The SMILES string of the molecule is CCC(=O)c1ccc(OC(=O)c2ccc(S(=O)(=O)N(C)c3ccccc3OC)cc2)cc1. The number of Topliss-reactive ketones (excluding diaryl/α,β-unsaturated/α-hetero) is 1. The Kier molecular flexibility index (Phi) is 6.95. The lowest BCUT2D eigenvalue weighted by atomic mass is 10.1. The molecule has 3 aromatic rings. The number of ether oxygens (including phenoxy) is 2. The van der Waals surface area contributed by atoms with E-state index in [2.05, 4.69) is 0 Å². The fourth-order valence-corrected chi connectivity index (χ4v) is 4.23. The summed E-state index contributed by atoms with van der Waals surface area (Å²) in [6, 6.07) is 18.5. The van der Waals surface area contributed by atoms with Crippen molar-refractivity contribution in [2.24, 2.45) is 0 Å². The second-order valence-electron chi connectivity index (χ2n) is 6.86. The van der Waals surface area contributed by atoms with Crippen molar-refractivity contribution >= 4 is 27.5 Å². The van der Waals surface area contributed by atoms with E-state index in [1.54, 1.807) is 55.5 Å². The number of carbonyl (C=O) groups is 2. The maximum absolute atomic E-state index is 13.0. The lowest BCUT2D eigenvalue weighted by Gasteiger charge is -2.21. The van der Waals surface area contributed by atoms with Gasteiger partial charge in [0.15, 0.2) is 5.78 Å². The molecule has 0 aliphatic carbocycles. The monoisotopic (exact) mass is 453 g/mol. The molecule has 8 heteroatoms. The molecule has 0 radical (unpaired) electrons. The summed E-state index contributed by atoms with van der Waals surface area (Å²) in [5.74, 6) is 0.0695. The molecule has 0 bridgehead atoms. The lowest BCUT2D eigenvalue weighted by Crippen LogP contribution is -2.27. The van der Waals surface area contributed by atoms with Gasteiger partial charge >= 0.3 is 5.97 Å². The molecule has 0 fully saturated rings. The van der Waals surface area contributed by atoms with Crippen molar-refractivity contribution in [1.29, 1.82) is 0 Å². The molecule has 32 heavy (non-hydrogen) atoms. The minimum absolute atomic E-state index is 0.00207. The molecule has 0 saturated carbocycles. The number of sulfonamides is 1. The largest absolute Gasteiger partial charge is 0.495 e. The first-order valence-electron chi connectivity index (χ1n) is 9.85. The Morgan fingerprint density at radius 2 is 1.47 bits per heavy atom. The second kappa shape index (κ2) is 9.65. The number of hydrogen-bond donors (Lipinski definition) is 0. The van der Waals surface area contributed by atoms with Crippen molar-refractivity contribution in [2.45, 2.75) is 18.2 Å². The summed E-state index contributed by atoms with van der Waals surface area (Å²) in [4.78, 5) is 24.1. The zero-order valence-electron chi connectivity index (χ0n) is 17.9. The van der Waals surface area contributed by atoms with Crippen LogP contribution in [0.3, 0.4) is 0 Å². The van der Waals surface area contributed by atoms with Crippen LogP contribution >= 0.6 is 0 Å². The highest BCUT2D eigenvalue weighted by atomic mass is 32.2. The Morgan fingerprint density at radius 3 is 2.06 bits per heavy atom. The van der Waals surface area contributed by atoms with Gasteiger partial charge in [0.2, 0.25) is 0 Å². The fraction of sp³-hybridized carbons (Fsp3) is 0.167. The predicted octanol–water partition coefficient (Wildman–Crippen LogP) is 4.33. The third-order valence-corrected chi connectivity index (χ3v) is 6.67. The van der Waals surface area contributed by atoms with Gasteiger partial charge in [-0.05, 0) is 60.7 Å². The molecule has 3 rings (SSSR count). The molecule has 0 aliphatic heterocycles. The van der Waals surface area contributed by atoms with Crippen molar-refractivity contribution in [3.8, 4) is 11.5 Å². The maximum atomic E-state index is 13.0. The molecule has 166 valence electrons. The highest BCUT2D eigenvalue weighted by Crippen LogP contribution is 2.31. The summed E-state index contributed by atoms with van der Waals surface area (Å²) in [7, 11) is -0.972. The normalized spacial score (nSPS) is 11.0. The first-order valence-corrected chi connectivity index (χ1v) is 11.3. The van der Waals surface area contributed by atoms with Crippen LogP contribution < -0.4 is 13.8 Å². The van der Waals surface area contributed by atoms with E-state index in [0.717, 1.165) is 4.31 Å². The molecule has 0 N–H and O–H groups in total. The average molecular weight is 454 g/mol. The molecular weight excluding hydrogens is 430 g/mol. The van der Waals surface area contributed by atoms with Crippen LogP contribution in [0.5, 0.6) is 11.5 Å². The van der Waals surface area contributed by atoms with E-state index in [1.165, 1.54) is 38.4 Å². The zero-order chi connectivity index (χ0) is 23.3. The van der Waals surface area contributed by atoms with E-state index in [9.17, 15) is 18.0 Å². The first-order chi connectivity index (χ1) is 15.3. The Hall–Kier alpha value is -3.65. The van der Waals surface area contributed by atoms with Crippen molar-refractivity contribution < 1.29 is 27.5 Å². The van der Waals surface area contributed by atoms with Gasteiger partial charge in [0, 0.05) is 19.0 Å². The van der Waals surface area contributed by atoms with Gasteiger partial charge in [-0.25, -0.2) is 13.2 Å². The Balaban J connectivity index is 1.76. The molecule has 0 heterocycles. The first kappa shape index (κ1) is 23.0. The number of benzene rings is 3. The molecule has 0 amide bonds. The number of ketones is 1.